The molecule has 9 heavy (non-hydrogen) atoms. The number of oxime groups is 1. The van der Waals surface area contributed by atoms with Gasteiger partial charge in [-0.15, -0.1) is 0 Å². The van der Waals surface area contributed by atoms with Gasteiger partial charge in [0.15, 0.2) is 0 Å². The lowest BCUT2D eigenvalue weighted by atomic mass is 10.3. The maximum absolute atomic E-state index is 8.34. The monoisotopic (exact) mass is 130 g/mol. The molecule has 0 rings (SSSR count). The lowest BCUT2D eigenvalue weighted by Crippen LogP contribution is -2.20. The number of hydrogen-bond acceptors (Lipinski definition) is 3. The highest BCUT2D eigenvalue weighted by Gasteiger charge is 1.96. The largest absolute Gasteiger partial charge is 0.411 e. The van der Waals surface area contributed by atoms with Crippen molar-refractivity contribution in [3.05, 3.63) is 0 Å². The zero-order chi connectivity index (χ0) is 7.28. The van der Waals surface area contributed by atoms with E-state index in [2.05, 4.69) is 5.16 Å². The molecule has 0 spiro atoms. The number of rotatable bonds is 3. The van der Waals surface area contributed by atoms with Gasteiger partial charge < -0.3 is 10.1 Å². The molecule has 54 valence electrons. The van der Waals surface area contributed by atoms with Crippen LogP contribution in [0.1, 0.15) is 13.3 Å². The van der Waals surface area contributed by atoms with Gasteiger partial charge in [0.05, 0.1) is 5.71 Å². The lowest BCUT2D eigenvalue weighted by molar-refractivity contribution is 0.313. The fourth-order valence-electron chi connectivity index (χ4n) is 0.579. The fraction of sp³-hybridized carbons (Fsp3) is 0.833. The maximum atomic E-state index is 8.34. The number of hydrogen-bond donors (Lipinski definition) is 1. The summed E-state index contributed by atoms with van der Waals surface area (Å²) in [7, 11) is 3.89. The predicted octanol–water partition coefficient (Wildman–Crippen LogP) is 0.788. The second-order valence-electron chi connectivity index (χ2n) is 2.26. The van der Waals surface area contributed by atoms with Crippen molar-refractivity contribution in [3.8, 4) is 0 Å². The molecule has 3 nitrogen and oxygen atoms in total. The van der Waals surface area contributed by atoms with Crippen molar-refractivity contribution >= 4 is 5.71 Å². The van der Waals surface area contributed by atoms with Gasteiger partial charge in [0, 0.05) is 6.54 Å². The first-order valence-electron chi connectivity index (χ1n) is 3.05. The molecule has 0 aromatic carbocycles. The lowest BCUT2D eigenvalue weighted by Gasteiger charge is -2.08. The van der Waals surface area contributed by atoms with E-state index in [0.717, 1.165) is 18.7 Å². The normalized spacial score (nSPS) is 12.7. The average Bonchev–Trinajstić information content (AvgIpc) is 1.82. The molecule has 0 radical (unpaired) electrons. The first-order valence-corrected chi connectivity index (χ1v) is 3.05. The van der Waals surface area contributed by atoms with Crippen LogP contribution in [0.15, 0.2) is 5.16 Å². The zero-order valence-electron chi connectivity index (χ0n) is 6.26. The van der Waals surface area contributed by atoms with Crippen molar-refractivity contribution in [3.63, 3.8) is 0 Å². The van der Waals surface area contributed by atoms with Crippen LogP contribution < -0.4 is 0 Å². The molecule has 0 saturated heterocycles. The Labute approximate surface area is 56.0 Å². The highest BCUT2D eigenvalue weighted by atomic mass is 16.4. The summed E-state index contributed by atoms with van der Waals surface area (Å²) < 4.78 is 0. The summed E-state index contributed by atoms with van der Waals surface area (Å²) in [4.78, 5) is 1.97. The quantitative estimate of drug-likeness (QED) is 0.348. The van der Waals surface area contributed by atoms with Gasteiger partial charge in [0.1, 0.15) is 0 Å². The minimum atomic E-state index is 0.743. The van der Waals surface area contributed by atoms with E-state index in [9.17, 15) is 0 Å². The SMILES string of the molecule is CCC(CN(C)C)=NO. The van der Waals surface area contributed by atoms with E-state index in [0.29, 0.717) is 0 Å². The van der Waals surface area contributed by atoms with Crippen molar-refractivity contribution in [2.24, 2.45) is 5.16 Å². The standard InChI is InChI=1S/C6H14N2O/c1-4-6(7-9)5-8(2)3/h9H,4-5H2,1-3H3. The van der Waals surface area contributed by atoms with Gasteiger partial charge in [-0.3, -0.25) is 0 Å². The van der Waals surface area contributed by atoms with Crippen LogP contribution in [0.4, 0.5) is 0 Å². The Morgan fingerprint density at radius 2 is 2.11 bits per heavy atom. The van der Waals surface area contributed by atoms with Crippen LogP contribution in [0.2, 0.25) is 0 Å². The summed E-state index contributed by atoms with van der Waals surface area (Å²) in [6, 6.07) is 0. The van der Waals surface area contributed by atoms with Crippen LogP contribution in [0.25, 0.3) is 0 Å². The third-order valence-electron chi connectivity index (χ3n) is 1.05. The molecular formula is C6H14N2O. The first kappa shape index (κ1) is 8.43. The Morgan fingerprint density at radius 3 is 2.22 bits per heavy atom. The third kappa shape index (κ3) is 3.97. The van der Waals surface area contributed by atoms with Crippen molar-refractivity contribution in [1.29, 1.82) is 0 Å². The van der Waals surface area contributed by atoms with Crippen LogP contribution in [0.3, 0.4) is 0 Å². The summed E-state index contributed by atoms with van der Waals surface area (Å²) in [6.45, 7) is 2.71. The van der Waals surface area contributed by atoms with E-state index >= 15 is 0 Å². The second-order valence-corrected chi connectivity index (χ2v) is 2.26. The van der Waals surface area contributed by atoms with Crippen molar-refractivity contribution < 1.29 is 5.21 Å². The Bertz CT molecular complexity index is 99.2. The van der Waals surface area contributed by atoms with E-state index in [1.165, 1.54) is 0 Å². The minimum Gasteiger partial charge on any atom is -0.411 e. The fourth-order valence-corrected chi connectivity index (χ4v) is 0.579. The highest BCUT2D eigenvalue weighted by Crippen LogP contribution is 1.86. The molecule has 0 saturated carbocycles. The molecule has 0 unspecified atom stereocenters. The molecule has 0 aliphatic rings. The molecule has 0 aromatic heterocycles. The molecule has 0 bridgehead atoms. The second kappa shape index (κ2) is 4.32. The molecule has 0 aromatic rings. The van der Waals surface area contributed by atoms with E-state index < -0.39 is 0 Å². The average molecular weight is 130 g/mol. The molecule has 0 atom stereocenters. The maximum Gasteiger partial charge on any atom is 0.0707 e. The zero-order valence-corrected chi connectivity index (χ0v) is 6.26. The van der Waals surface area contributed by atoms with E-state index in [-0.39, 0.29) is 0 Å². The third-order valence-corrected chi connectivity index (χ3v) is 1.05. The van der Waals surface area contributed by atoms with Crippen molar-refractivity contribution in [2.75, 3.05) is 20.6 Å². The molecular weight excluding hydrogens is 116 g/mol. The van der Waals surface area contributed by atoms with E-state index in [4.69, 9.17) is 5.21 Å². The summed E-state index contributed by atoms with van der Waals surface area (Å²) in [6.07, 6.45) is 0.814. The van der Waals surface area contributed by atoms with Crippen molar-refractivity contribution in [1.82, 2.24) is 4.90 Å². The first-order chi connectivity index (χ1) is 4.20. The van der Waals surface area contributed by atoms with Crippen LogP contribution >= 0.6 is 0 Å². The molecule has 0 heterocycles. The smallest absolute Gasteiger partial charge is 0.0707 e. The Morgan fingerprint density at radius 1 is 1.56 bits per heavy atom. The van der Waals surface area contributed by atoms with Gasteiger partial charge in [-0.25, -0.2) is 0 Å². The van der Waals surface area contributed by atoms with Crippen molar-refractivity contribution in [2.45, 2.75) is 13.3 Å². The van der Waals surface area contributed by atoms with Gasteiger partial charge in [-0.05, 0) is 20.5 Å². The molecule has 1 N–H and O–H groups in total. The number of nitrogens with zero attached hydrogens (tertiary/aromatic N) is 2. The predicted molar refractivity (Wildman–Crippen MR) is 38.1 cm³/mol. The molecule has 0 aliphatic carbocycles. The molecule has 0 aliphatic heterocycles. The van der Waals surface area contributed by atoms with Gasteiger partial charge in [-0.2, -0.15) is 0 Å². The summed E-state index contributed by atoms with van der Waals surface area (Å²) >= 11 is 0. The Kier molecular flexibility index (Phi) is 4.05. The van der Waals surface area contributed by atoms with Gasteiger partial charge in [0.2, 0.25) is 0 Å². The van der Waals surface area contributed by atoms with Crippen LogP contribution in [0, 0.1) is 0 Å². The molecule has 0 amide bonds. The van der Waals surface area contributed by atoms with Gasteiger partial charge in [-0.1, -0.05) is 12.1 Å². The highest BCUT2D eigenvalue weighted by molar-refractivity contribution is 5.85. The van der Waals surface area contributed by atoms with Crippen LogP contribution in [-0.4, -0.2) is 36.5 Å². The van der Waals surface area contributed by atoms with Crippen LogP contribution in [-0.2, 0) is 0 Å². The van der Waals surface area contributed by atoms with Gasteiger partial charge in [0.25, 0.3) is 0 Å². The summed E-state index contributed by atoms with van der Waals surface area (Å²) in [5.41, 5.74) is 0.819. The van der Waals surface area contributed by atoms with Gasteiger partial charge >= 0.3 is 0 Å². The topological polar surface area (TPSA) is 35.8 Å². The minimum absolute atomic E-state index is 0.743. The van der Waals surface area contributed by atoms with E-state index in [1.54, 1.807) is 0 Å². The summed E-state index contributed by atoms with van der Waals surface area (Å²) in [5, 5.41) is 11.5. The summed E-state index contributed by atoms with van der Waals surface area (Å²) in [5.74, 6) is 0. The van der Waals surface area contributed by atoms with E-state index in [1.807, 2.05) is 25.9 Å². The molecule has 0 fully saturated rings. The molecule has 3 heteroatoms. The van der Waals surface area contributed by atoms with Crippen LogP contribution in [0.5, 0.6) is 0 Å². The Balaban J connectivity index is 3.58. The Hall–Kier alpha value is -0.570.